The van der Waals surface area contributed by atoms with Gasteiger partial charge in [-0.25, -0.2) is 13.8 Å². The van der Waals surface area contributed by atoms with Gasteiger partial charge >= 0.3 is 0 Å². The fraction of sp³-hybridized carbons (Fsp3) is 0.200. The number of hydrogen-bond acceptors (Lipinski definition) is 7. The molecule has 1 amide bonds. The molecule has 10 heteroatoms. The number of hydrazone groups is 1. The van der Waals surface area contributed by atoms with Crippen LogP contribution in [0, 0.1) is 0 Å². The Morgan fingerprint density at radius 3 is 2.23 bits per heavy atom. The molecule has 1 N–H and O–H groups in total. The zero-order valence-electron chi connectivity index (χ0n) is 19.0. The van der Waals surface area contributed by atoms with E-state index in [0.717, 1.165) is 33.4 Å². The number of carbonyl (C=O) groups excluding carboxylic acids is 1. The minimum Gasteiger partial charge on any atom is -0.489 e. The lowest BCUT2D eigenvalue weighted by Gasteiger charge is -2.25. The van der Waals surface area contributed by atoms with E-state index in [2.05, 4.69) is 10.5 Å². The summed E-state index contributed by atoms with van der Waals surface area (Å²) in [7, 11) is -3.71. The van der Waals surface area contributed by atoms with Crippen LogP contribution in [0.5, 0.6) is 17.2 Å². The smallest absolute Gasteiger partial charge is 0.260 e. The Hall–Kier alpha value is -3.50. The molecule has 0 spiro atoms. The van der Waals surface area contributed by atoms with Gasteiger partial charge in [-0.1, -0.05) is 18.2 Å². The SMILES string of the molecule is CS(=O)(=O)N(CC(=O)N/N=C\c1ccc(OC2CSC2)cc1)c1ccc(Oc2ccccc2)cc1. The maximum Gasteiger partial charge on any atom is 0.260 e. The zero-order chi connectivity index (χ0) is 24.7. The molecule has 35 heavy (non-hydrogen) atoms. The first-order valence-electron chi connectivity index (χ1n) is 10.8. The number of nitrogens with zero attached hydrogens (tertiary/aromatic N) is 2. The van der Waals surface area contributed by atoms with E-state index in [1.165, 1.54) is 6.21 Å². The van der Waals surface area contributed by atoms with Gasteiger partial charge in [0.15, 0.2) is 0 Å². The number of thioether (sulfide) groups is 1. The van der Waals surface area contributed by atoms with Crippen molar-refractivity contribution in [2.24, 2.45) is 5.10 Å². The standard InChI is InChI=1S/C25H25N3O5S2/c1-35(30,31)28(20-9-13-23(14-10-20)32-21-5-3-2-4-6-21)16-25(29)27-26-15-19-7-11-22(12-8-19)33-24-17-34-18-24/h2-15,24H,16-18H2,1H3,(H,27,29)/b26-15-. The highest BCUT2D eigenvalue weighted by Gasteiger charge is 2.21. The fourth-order valence-corrected chi connectivity index (χ4v) is 4.58. The zero-order valence-corrected chi connectivity index (χ0v) is 20.7. The normalized spacial score (nSPS) is 13.7. The summed E-state index contributed by atoms with van der Waals surface area (Å²) in [6.45, 7) is -0.415. The van der Waals surface area contributed by atoms with Crippen molar-refractivity contribution in [2.75, 3.05) is 28.6 Å². The number of anilines is 1. The van der Waals surface area contributed by atoms with Gasteiger partial charge in [-0.15, -0.1) is 0 Å². The topological polar surface area (TPSA) is 97.3 Å². The van der Waals surface area contributed by atoms with E-state index < -0.39 is 22.5 Å². The Balaban J connectivity index is 1.33. The third-order valence-corrected chi connectivity index (χ3v) is 7.34. The summed E-state index contributed by atoms with van der Waals surface area (Å²) < 4.78 is 37.2. The van der Waals surface area contributed by atoms with Crippen LogP contribution in [0.1, 0.15) is 5.56 Å². The van der Waals surface area contributed by atoms with Gasteiger partial charge in [0.2, 0.25) is 10.0 Å². The number of benzene rings is 3. The van der Waals surface area contributed by atoms with E-state index >= 15 is 0 Å². The molecular weight excluding hydrogens is 486 g/mol. The van der Waals surface area contributed by atoms with Crippen molar-refractivity contribution in [3.63, 3.8) is 0 Å². The number of hydrogen-bond donors (Lipinski definition) is 1. The van der Waals surface area contributed by atoms with Crippen molar-refractivity contribution < 1.29 is 22.7 Å². The molecule has 1 aliphatic heterocycles. The first-order chi connectivity index (χ1) is 16.9. The largest absolute Gasteiger partial charge is 0.489 e. The molecule has 0 aromatic heterocycles. The molecule has 8 nitrogen and oxygen atoms in total. The Labute approximate surface area is 209 Å². The molecule has 0 saturated carbocycles. The maximum absolute atomic E-state index is 12.4. The van der Waals surface area contributed by atoms with Crippen molar-refractivity contribution >= 4 is 39.6 Å². The Morgan fingerprint density at radius 2 is 1.63 bits per heavy atom. The number of rotatable bonds is 10. The summed E-state index contributed by atoms with van der Waals surface area (Å²) in [6, 6.07) is 23.1. The highest BCUT2D eigenvalue weighted by atomic mass is 32.2. The van der Waals surface area contributed by atoms with Gasteiger partial charge in [0.25, 0.3) is 5.91 Å². The number of sulfonamides is 1. The van der Waals surface area contributed by atoms with E-state index in [1.807, 2.05) is 66.4 Å². The predicted molar refractivity (Wildman–Crippen MR) is 139 cm³/mol. The van der Waals surface area contributed by atoms with Gasteiger partial charge < -0.3 is 9.47 Å². The first-order valence-corrected chi connectivity index (χ1v) is 13.8. The molecule has 182 valence electrons. The lowest BCUT2D eigenvalue weighted by atomic mass is 10.2. The number of carbonyl (C=O) groups is 1. The van der Waals surface area contributed by atoms with Crippen LogP contribution in [-0.4, -0.2) is 50.9 Å². The van der Waals surface area contributed by atoms with Gasteiger partial charge in [0, 0.05) is 11.5 Å². The molecule has 0 bridgehead atoms. The second kappa shape index (κ2) is 11.3. The van der Waals surface area contributed by atoms with Crippen molar-refractivity contribution in [3.8, 4) is 17.2 Å². The van der Waals surface area contributed by atoms with Crippen LogP contribution in [0.2, 0.25) is 0 Å². The van der Waals surface area contributed by atoms with Gasteiger partial charge in [-0.3, -0.25) is 9.10 Å². The van der Waals surface area contributed by atoms with Crippen LogP contribution >= 0.6 is 11.8 Å². The van der Waals surface area contributed by atoms with Crippen LogP contribution < -0.4 is 19.2 Å². The van der Waals surface area contributed by atoms with Crippen molar-refractivity contribution in [1.29, 1.82) is 0 Å². The van der Waals surface area contributed by atoms with Crippen LogP contribution in [-0.2, 0) is 14.8 Å². The third-order valence-electron chi connectivity index (χ3n) is 4.98. The van der Waals surface area contributed by atoms with Gasteiger partial charge in [0.1, 0.15) is 29.9 Å². The number of para-hydroxylation sites is 1. The molecule has 0 atom stereocenters. The highest BCUT2D eigenvalue weighted by molar-refractivity contribution is 8.00. The van der Waals surface area contributed by atoms with E-state index in [-0.39, 0.29) is 6.10 Å². The maximum atomic E-state index is 12.4. The second-order valence-electron chi connectivity index (χ2n) is 7.82. The Bertz CT molecular complexity index is 1260. The van der Waals surface area contributed by atoms with E-state index in [0.29, 0.717) is 17.2 Å². The fourth-order valence-electron chi connectivity index (χ4n) is 3.16. The van der Waals surface area contributed by atoms with Crippen LogP contribution in [0.3, 0.4) is 0 Å². The summed E-state index contributed by atoms with van der Waals surface area (Å²) in [6.07, 6.45) is 2.80. The number of ether oxygens (including phenoxy) is 2. The van der Waals surface area contributed by atoms with Gasteiger partial charge in [-0.05, 0) is 66.2 Å². The molecule has 0 radical (unpaired) electrons. The summed E-state index contributed by atoms with van der Waals surface area (Å²) in [5.41, 5.74) is 3.49. The molecule has 3 aromatic carbocycles. The molecule has 0 unspecified atom stereocenters. The van der Waals surface area contributed by atoms with Crippen molar-refractivity contribution in [1.82, 2.24) is 5.43 Å². The minimum atomic E-state index is -3.71. The molecule has 1 aliphatic rings. The van der Waals surface area contributed by atoms with Gasteiger partial charge in [0.05, 0.1) is 18.2 Å². The lowest BCUT2D eigenvalue weighted by molar-refractivity contribution is -0.119. The van der Waals surface area contributed by atoms with Crippen LogP contribution in [0.15, 0.2) is 84.0 Å². The van der Waals surface area contributed by atoms with Crippen molar-refractivity contribution in [2.45, 2.75) is 6.10 Å². The van der Waals surface area contributed by atoms with E-state index in [1.54, 1.807) is 24.3 Å². The molecule has 1 saturated heterocycles. The quantitative estimate of drug-likeness (QED) is 0.328. The Kier molecular flexibility index (Phi) is 7.94. The Morgan fingerprint density at radius 1 is 1.00 bits per heavy atom. The molecular formula is C25H25N3O5S2. The monoisotopic (exact) mass is 511 g/mol. The van der Waals surface area contributed by atoms with Crippen LogP contribution in [0.25, 0.3) is 0 Å². The average Bonchev–Trinajstić information content (AvgIpc) is 2.81. The molecule has 1 heterocycles. The first kappa shape index (κ1) is 24.6. The van der Waals surface area contributed by atoms with Crippen molar-refractivity contribution in [3.05, 3.63) is 84.4 Å². The predicted octanol–water partition coefficient (Wildman–Crippen LogP) is 3.89. The highest BCUT2D eigenvalue weighted by Crippen LogP contribution is 2.26. The number of nitrogens with one attached hydrogen (secondary N) is 1. The third kappa shape index (κ3) is 7.24. The molecule has 4 rings (SSSR count). The van der Waals surface area contributed by atoms with Crippen LogP contribution in [0.4, 0.5) is 5.69 Å². The molecule has 1 fully saturated rings. The van der Waals surface area contributed by atoms with E-state index in [9.17, 15) is 13.2 Å². The summed E-state index contributed by atoms with van der Waals surface area (Å²) in [4.78, 5) is 12.4. The van der Waals surface area contributed by atoms with E-state index in [4.69, 9.17) is 9.47 Å². The number of amides is 1. The summed E-state index contributed by atoms with van der Waals surface area (Å²) in [5, 5.41) is 3.94. The molecule has 3 aromatic rings. The van der Waals surface area contributed by atoms with Gasteiger partial charge in [-0.2, -0.15) is 16.9 Å². The average molecular weight is 512 g/mol. The molecule has 0 aliphatic carbocycles. The second-order valence-corrected chi connectivity index (χ2v) is 10.8. The summed E-state index contributed by atoms with van der Waals surface area (Å²) >= 11 is 1.85. The minimum absolute atomic E-state index is 0.268. The summed E-state index contributed by atoms with van der Waals surface area (Å²) in [5.74, 6) is 3.44. The lowest BCUT2D eigenvalue weighted by Crippen LogP contribution is -2.39.